The molecule has 4 rings (SSSR count). The third-order valence-corrected chi connectivity index (χ3v) is 5.25. The zero-order valence-corrected chi connectivity index (χ0v) is 18.6. The van der Waals surface area contributed by atoms with Crippen molar-refractivity contribution in [2.24, 2.45) is 0 Å². The summed E-state index contributed by atoms with van der Waals surface area (Å²) in [5.74, 6) is -0.298. The molecule has 1 aliphatic rings. The van der Waals surface area contributed by atoms with Crippen LogP contribution in [0.5, 0.6) is 11.5 Å². The number of Topliss-reactive ketones (excluding diaryl/α,β-unsaturated/α-hetero) is 1. The highest BCUT2D eigenvalue weighted by Crippen LogP contribution is 2.42. The van der Waals surface area contributed by atoms with Gasteiger partial charge in [0.15, 0.2) is 0 Å². The number of benzene rings is 2. The van der Waals surface area contributed by atoms with Gasteiger partial charge >= 0.3 is 5.91 Å². The van der Waals surface area contributed by atoms with E-state index in [9.17, 15) is 14.7 Å². The predicted molar refractivity (Wildman–Crippen MR) is 124 cm³/mol. The lowest BCUT2D eigenvalue weighted by Gasteiger charge is -2.24. The summed E-state index contributed by atoms with van der Waals surface area (Å²) in [6.45, 7) is 3.84. The van der Waals surface area contributed by atoms with Crippen LogP contribution in [0.1, 0.15) is 31.0 Å². The molecule has 0 aliphatic carbocycles. The van der Waals surface area contributed by atoms with Crippen molar-refractivity contribution in [2.75, 3.05) is 12.0 Å². The van der Waals surface area contributed by atoms with Crippen molar-refractivity contribution in [1.29, 1.82) is 0 Å². The second-order valence-corrected chi connectivity index (χ2v) is 7.82. The van der Waals surface area contributed by atoms with E-state index in [2.05, 4.69) is 4.98 Å². The number of ketones is 1. The number of aliphatic hydroxyl groups excluding tert-OH is 1. The smallest absolute Gasteiger partial charge is 0.301 e. The maximum Gasteiger partial charge on any atom is 0.301 e. The molecule has 1 amide bonds. The number of hydrogen-bond donors (Lipinski definition) is 1. The molecule has 3 aromatic rings. The van der Waals surface area contributed by atoms with E-state index in [1.807, 2.05) is 13.8 Å². The lowest BCUT2D eigenvalue weighted by molar-refractivity contribution is -0.132. The largest absolute Gasteiger partial charge is 0.507 e. The van der Waals surface area contributed by atoms with Crippen LogP contribution in [0.3, 0.4) is 0 Å². The van der Waals surface area contributed by atoms with Gasteiger partial charge in [0.25, 0.3) is 5.78 Å². The summed E-state index contributed by atoms with van der Waals surface area (Å²) >= 11 is 0. The molecule has 1 aromatic heterocycles. The van der Waals surface area contributed by atoms with Gasteiger partial charge in [0.2, 0.25) is 0 Å². The van der Waals surface area contributed by atoms with Crippen molar-refractivity contribution < 1.29 is 24.2 Å². The van der Waals surface area contributed by atoms with Crippen LogP contribution in [0.2, 0.25) is 0 Å². The zero-order chi connectivity index (χ0) is 23.5. The normalized spacial score (nSPS) is 17.5. The van der Waals surface area contributed by atoms with Crippen LogP contribution in [-0.2, 0) is 9.59 Å². The molecule has 2 aromatic carbocycles. The molecular weight excluding hydrogens is 420 g/mol. The van der Waals surface area contributed by atoms with Crippen molar-refractivity contribution in [3.05, 3.63) is 89.6 Å². The minimum Gasteiger partial charge on any atom is -0.507 e. The summed E-state index contributed by atoms with van der Waals surface area (Å²) in [7, 11) is 1.54. The monoisotopic (exact) mass is 444 g/mol. The molecule has 1 aliphatic heterocycles. The molecule has 0 radical (unpaired) electrons. The van der Waals surface area contributed by atoms with E-state index in [4.69, 9.17) is 9.47 Å². The molecule has 1 N–H and O–H groups in total. The summed E-state index contributed by atoms with van der Waals surface area (Å²) in [6, 6.07) is 18.0. The molecule has 7 nitrogen and oxygen atoms in total. The average Bonchev–Trinajstić information content (AvgIpc) is 3.10. The summed E-state index contributed by atoms with van der Waals surface area (Å²) in [6.07, 6.45) is 1.55. The number of methoxy groups -OCH3 is 1. The van der Waals surface area contributed by atoms with Crippen LogP contribution in [0.25, 0.3) is 5.76 Å². The summed E-state index contributed by atoms with van der Waals surface area (Å²) in [5, 5.41) is 11.2. The van der Waals surface area contributed by atoms with Gasteiger partial charge in [-0.3, -0.25) is 14.5 Å². The maximum absolute atomic E-state index is 13.2. The zero-order valence-electron chi connectivity index (χ0n) is 18.6. The third-order valence-electron chi connectivity index (χ3n) is 5.25. The van der Waals surface area contributed by atoms with Crippen molar-refractivity contribution in [1.82, 2.24) is 4.98 Å². The van der Waals surface area contributed by atoms with E-state index in [1.165, 1.54) is 12.0 Å². The van der Waals surface area contributed by atoms with Gasteiger partial charge in [-0.1, -0.05) is 18.2 Å². The molecular formula is C26H24N2O5. The molecule has 0 unspecified atom stereocenters. The third kappa shape index (κ3) is 4.30. The van der Waals surface area contributed by atoms with Crippen molar-refractivity contribution in [2.45, 2.75) is 26.0 Å². The fourth-order valence-electron chi connectivity index (χ4n) is 3.81. The minimum absolute atomic E-state index is 0.00112. The second-order valence-electron chi connectivity index (χ2n) is 7.82. The van der Waals surface area contributed by atoms with Crippen LogP contribution in [0, 0.1) is 0 Å². The first-order valence-corrected chi connectivity index (χ1v) is 10.5. The number of amides is 1. The van der Waals surface area contributed by atoms with Crippen LogP contribution in [0.4, 0.5) is 5.82 Å². The number of hydrogen-bond acceptors (Lipinski definition) is 6. The van der Waals surface area contributed by atoms with Gasteiger partial charge in [-0.25, -0.2) is 4.98 Å². The number of carbonyl (C=O) groups excluding carboxylic acids is 2. The second kappa shape index (κ2) is 9.16. The maximum atomic E-state index is 13.2. The number of rotatable bonds is 6. The number of ether oxygens (including phenoxy) is 2. The number of pyridine rings is 1. The van der Waals surface area contributed by atoms with E-state index in [-0.39, 0.29) is 17.4 Å². The molecule has 168 valence electrons. The SMILES string of the molecule is COc1cccc([C@H]2C(=C(O)c3ccc(OC(C)C)cc3)C(=O)C(=O)N2c2ccccn2)c1. The standard InChI is InChI=1S/C26H24N2O5/c1-16(2)33-19-12-10-17(11-13-19)24(29)22-23(18-7-6-8-20(15-18)32-3)28(26(31)25(22)30)21-9-4-5-14-27-21/h4-16,23,29H,1-3H3/t23-/m0/s1. The Bertz CT molecular complexity index is 1200. The first-order valence-electron chi connectivity index (χ1n) is 10.5. The fourth-order valence-corrected chi connectivity index (χ4v) is 3.81. The van der Waals surface area contributed by atoms with Gasteiger partial charge in [-0.05, 0) is 67.9 Å². The van der Waals surface area contributed by atoms with Gasteiger partial charge in [0.1, 0.15) is 23.1 Å². The molecule has 33 heavy (non-hydrogen) atoms. The topological polar surface area (TPSA) is 89.0 Å². The Morgan fingerprint density at radius 3 is 2.39 bits per heavy atom. The van der Waals surface area contributed by atoms with Crippen LogP contribution in [0.15, 0.2) is 78.5 Å². The van der Waals surface area contributed by atoms with Gasteiger partial charge in [-0.2, -0.15) is 0 Å². The predicted octanol–water partition coefficient (Wildman–Crippen LogP) is 4.50. The number of carbonyl (C=O) groups is 2. The molecule has 1 atom stereocenters. The van der Waals surface area contributed by atoms with Gasteiger partial charge < -0.3 is 14.6 Å². The molecule has 0 saturated carbocycles. The summed E-state index contributed by atoms with van der Waals surface area (Å²) in [5.41, 5.74) is 0.995. The van der Waals surface area contributed by atoms with E-state index in [0.717, 1.165) is 0 Å². The Hall–Kier alpha value is -4.13. The number of aliphatic hydroxyl groups is 1. The van der Waals surface area contributed by atoms with E-state index in [0.29, 0.717) is 28.4 Å². The van der Waals surface area contributed by atoms with Crippen molar-refractivity contribution in [3.63, 3.8) is 0 Å². The number of aromatic nitrogens is 1. The summed E-state index contributed by atoms with van der Waals surface area (Å²) in [4.78, 5) is 31.8. The van der Waals surface area contributed by atoms with E-state index in [1.54, 1.807) is 72.9 Å². The molecule has 0 spiro atoms. The molecule has 0 bridgehead atoms. The lowest BCUT2D eigenvalue weighted by atomic mass is 9.95. The van der Waals surface area contributed by atoms with Crippen LogP contribution >= 0.6 is 0 Å². The fraction of sp³-hybridized carbons (Fsp3) is 0.192. The summed E-state index contributed by atoms with van der Waals surface area (Å²) < 4.78 is 11.0. The molecule has 7 heteroatoms. The molecule has 1 fully saturated rings. The van der Waals surface area contributed by atoms with Crippen molar-refractivity contribution >= 4 is 23.3 Å². The van der Waals surface area contributed by atoms with Crippen molar-refractivity contribution in [3.8, 4) is 11.5 Å². The number of nitrogens with zero attached hydrogens (tertiary/aromatic N) is 2. The Labute approximate surface area is 191 Å². The van der Waals surface area contributed by atoms with Gasteiger partial charge in [-0.15, -0.1) is 0 Å². The minimum atomic E-state index is -0.874. The highest BCUT2D eigenvalue weighted by atomic mass is 16.5. The molecule has 1 saturated heterocycles. The number of anilines is 1. The highest BCUT2D eigenvalue weighted by molar-refractivity contribution is 6.51. The highest BCUT2D eigenvalue weighted by Gasteiger charge is 2.47. The van der Waals surface area contributed by atoms with E-state index >= 15 is 0 Å². The van der Waals surface area contributed by atoms with Crippen LogP contribution in [-0.4, -0.2) is 35.0 Å². The average molecular weight is 444 g/mol. The Balaban J connectivity index is 1.87. The first-order chi connectivity index (χ1) is 15.9. The van der Waals surface area contributed by atoms with Gasteiger partial charge in [0.05, 0.1) is 24.8 Å². The van der Waals surface area contributed by atoms with Gasteiger partial charge in [0, 0.05) is 11.8 Å². The first kappa shape index (κ1) is 22.1. The quantitative estimate of drug-likeness (QED) is 0.342. The van der Waals surface area contributed by atoms with E-state index < -0.39 is 17.7 Å². The van der Waals surface area contributed by atoms with Crippen LogP contribution < -0.4 is 14.4 Å². The Morgan fingerprint density at radius 2 is 1.76 bits per heavy atom. The lowest BCUT2D eigenvalue weighted by Crippen LogP contribution is -2.30. The Kier molecular flexibility index (Phi) is 6.13. The Morgan fingerprint density at radius 1 is 1.00 bits per heavy atom. The molecule has 2 heterocycles.